The van der Waals surface area contributed by atoms with Crippen LogP contribution in [0.4, 0.5) is 22.4 Å². The fourth-order valence-electron chi connectivity index (χ4n) is 5.59. The van der Waals surface area contributed by atoms with E-state index in [1.807, 2.05) is 45.0 Å². The second kappa shape index (κ2) is 10.5. The van der Waals surface area contributed by atoms with Crippen LogP contribution in [-0.4, -0.2) is 65.4 Å². The van der Waals surface area contributed by atoms with Gasteiger partial charge in [0, 0.05) is 70.5 Å². The second-order valence-electron chi connectivity index (χ2n) is 11.9. The standard InChI is InChI=1S/C29H31ClN8O4S/c1-29(2,3)42-28(39)34-24-19-13-38(14-20(19)24)26-18(10-16-12-33-27(31)36-25(16)35-26)23-17(6-5-7-21(23)30)15-8-9-22(32-11-15)37-43(4,40)41/h5-12,19-20,24H,13-14H2,1-4H3,(H,32,37)(H,34,39)(H2,31,33,35,36). The summed E-state index contributed by atoms with van der Waals surface area (Å²) in [6.07, 6.45) is 3.88. The summed E-state index contributed by atoms with van der Waals surface area (Å²) in [4.78, 5) is 32.3. The zero-order chi connectivity index (χ0) is 30.7. The molecule has 14 heteroatoms. The predicted octanol–water partition coefficient (Wildman–Crippen LogP) is 4.32. The molecule has 0 radical (unpaired) electrons. The number of aromatic nitrogens is 4. The first-order chi connectivity index (χ1) is 20.3. The second-order valence-corrected chi connectivity index (χ2v) is 14.0. The summed E-state index contributed by atoms with van der Waals surface area (Å²) in [7, 11) is -3.47. The van der Waals surface area contributed by atoms with Gasteiger partial charge in [-0.2, -0.15) is 4.98 Å². The lowest BCUT2D eigenvalue weighted by Crippen LogP contribution is -2.38. The number of nitrogens with zero attached hydrogens (tertiary/aromatic N) is 5. The van der Waals surface area contributed by atoms with Crippen molar-refractivity contribution in [1.82, 2.24) is 25.3 Å². The van der Waals surface area contributed by atoms with Crippen molar-refractivity contribution in [3.63, 3.8) is 0 Å². The maximum atomic E-state index is 12.4. The van der Waals surface area contributed by atoms with Gasteiger partial charge in [0.2, 0.25) is 16.0 Å². The Morgan fingerprint density at radius 2 is 1.81 bits per heavy atom. The summed E-state index contributed by atoms with van der Waals surface area (Å²) in [5, 5.41) is 4.21. The molecule has 1 saturated heterocycles. The number of anilines is 3. The Morgan fingerprint density at radius 1 is 1.07 bits per heavy atom. The highest BCUT2D eigenvalue weighted by molar-refractivity contribution is 7.92. The molecule has 0 spiro atoms. The number of nitrogen functional groups attached to an aromatic ring is 1. The molecule has 1 aliphatic carbocycles. The van der Waals surface area contributed by atoms with E-state index in [4.69, 9.17) is 27.1 Å². The quantitative estimate of drug-likeness (QED) is 0.282. The monoisotopic (exact) mass is 622 g/mol. The zero-order valence-electron chi connectivity index (χ0n) is 24.0. The Bertz CT molecular complexity index is 1830. The van der Waals surface area contributed by atoms with E-state index in [2.05, 4.69) is 29.9 Å². The molecule has 12 nitrogen and oxygen atoms in total. The average molecular weight is 623 g/mol. The number of carbonyl (C=O) groups is 1. The topological polar surface area (TPSA) is 165 Å². The summed E-state index contributed by atoms with van der Waals surface area (Å²) in [6, 6.07) is 11.0. The fraction of sp³-hybridized carbons (Fsp3) is 0.345. The van der Waals surface area contributed by atoms with Gasteiger partial charge < -0.3 is 20.7 Å². The molecule has 2 aliphatic rings. The summed E-state index contributed by atoms with van der Waals surface area (Å²) >= 11 is 6.89. The van der Waals surface area contributed by atoms with Gasteiger partial charge in [0.05, 0.1) is 6.26 Å². The van der Waals surface area contributed by atoms with Gasteiger partial charge in [-0.3, -0.25) is 4.72 Å². The molecule has 1 amide bonds. The van der Waals surface area contributed by atoms with Crippen molar-refractivity contribution in [2.24, 2.45) is 11.8 Å². The first-order valence-electron chi connectivity index (χ1n) is 13.7. The molecule has 1 saturated carbocycles. The van der Waals surface area contributed by atoms with Crippen molar-refractivity contribution in [3.05, 3.63) is 53.8 Å². The highest BCUT2D eigenvalue weighted by atomic mass is 35.5. The fourth-order valence-corrected chi connectivity index (χ4v) is 6.37. The molecule has 4 N–H and O–H groups in total. The lowest BCUT2D eigenvalue weighted by atomic mass is 9.94. The predicted molar refractivity (Wildman–Crippen MR) is 166 cm³/mol. The van der Waals surface area contributed by atoms with Crippen LogP contribution in [0.5, 0.6) is 0 Å². The average Bonchev–Trinajstić information content (AvgIpc) is 3.32. The van der Waals surface area contributed by atoms with Crippen molar-refractivity contribution in [2.45, 2.75) is 32.4 Å². The van der Waals surface area contributed by atoms with Crippen LogP contribution in [0.15, 0.2) is 48.8 Å². The van der Waals surface area contributed by atoms with Gasteiger partial charge in [0.1, 0.15) is 17.2 Å². The molecule has 2 unspecified atom stereocenters. The van der Waals surface area contributed by atoms with Crippen molar-refractivity contribution in [1.29, 1.82) is 0 Å². The maximum absolute atomic E-state index is 12.4. The van der Waals surface area contributed by atoms with Gasteiger partial charge >= 0.3 is 6.09 Å². The lowest BCUT2D eigenvalue weighted by molar-refractivity contribution is 0.0518. The Hall–Kier alpha value is -4.23. The number of amides is 1. The van der Waals surface area contributed by atoms with Gasteiger partial charge in [-0.15, -0.1) is 0 Å². The first kappa shape index (κ1) is 28.9. The molecule has 224 valence electrons. The molecule has 4 heterocycles. The number of hydrogen-bond acceptors (Lipinski definition) is 10. The Balaban J connectivity index is 1.37. The summed E-state index contributed by atoms with van der Waals surface area (Å²) < 4.78 is 31.1. The van der Waals surface area contributed by atoms with E-state index < -0.39 is 21.7 Å². The normalized spacial score (nSPS) is 19.7. The lowest BCUT2D eigenvalue weighted by Gasteiger charge is -2.26. The van der Waals surface area contributed by atoms with Gasteiger partial charge in [-0.05, 0) is 50.6 Å². The highest BCUT2D eigenvalue weighted by Gasteiger charge is 2.57. The minimum absolute atomic E-state index is 0.0361. The minimum Gasteiger partial charge on any atom is -0.444 e. The number of hydrogen-bond donors (Lipinski definition) is 3. The number of alkyl carbamates (subject to hydrolysis) is 1. The number of piperidine rings is 1. The Kier molecular flexibility index (Phi) is 7.04. The first-order valence-corrected chi connectivity index (χ1v) is 15.9. The van der Waals surface area contributed by atoms with E-state index in [1.165, 1.54) is 0 Å². The molecular formula is C29H31ClN8O4S. The Morgan fingerprint density at radius 3 is 2.47 bits per heavy atom. The molecule has 2 atom stereocenters. The van der Waals surface area contributed by atoms with Crippen LogP contribution < -0.4 is 20.7 Å². The van der Waals surface area contributed by atoms with Gasteiger partial charge in [-0.25, -0.2) is 28.2 Å². The van der Waals surface area contributed by atoms with Crippen LogP contribution in [0.1, 0.15) is 20.8 Å². The van der Waals surface area contributed by atoms with Crippen LogP contribution in [0, 0.1) is 11.8 Å². The zero-order valence-corrected chi connectivity index (χ0v) is 25.6. The number of benzene rings is 1. The van der Waals surface area contributed by atoms with Crippen LogP contribution in [-0.2, 0) is 14.8 Å². The SMILES string of the molecule is CC(C)(C)OC(=O)NC1C2CN(c3nc4nc(N)ncc4cc3-c3c(Cl)cccc3-c3ccc(NS(C)(=O)=O)nc3)CC21. The van der Waals surface area contributed by atoms with Crippen LogP contribution in [0.2, 0.25) is 5.02 Å². The molecule has 1 aromatic carbocycles. The van der Waals surface area contributed by atoms with Crippen molar-refractivity contribution in [2.75, 3.05) is 34.7 Å². The van der Waals surface area contributed by atoms with Crippen LogP contribution in [0.3, 0.4) is 0 Å². The molecule has 0 bridgehead atoms. The molecule has 6 rings (SSSR count). The third kappa shape index (κ3) is 6.13. The summed E-state index contributed by atoms with van der Waals surface area (Å²) in [5.41, 5.74) is 8.82. The van der Waals surface area contributed by atoms with Gasteiger partial charge in [-0.1, -0.05) is 23.7 Å². The maximum Gasteiger partial charge on any atom is 0.407 e. The number of rotatable bonds is 6. The molecule has 3 aromatic heterocycles. The summed E-state index contributed by atoms with van der Waals surface area (Å²) in [5.74, 6) is 1.52. The van der Waals surface area contributed by atoms with Crippen molar-refractivity contribution >= 4 is 56.3 Å². The number of halogens is 1. The minimum atomic E-state index is -3.47. The van der Waals surface area contributed by atoms with Crippen LogP contribution in [0.25, 0.3) is 33.3 Å². The van der Waals surface area contributed by atoms with Crippen molar-refractivity contribution < 1.29 is 17.9 Å². The number of sulfonamides is 1. The van der Waals surface area contributed by atoms with E-state index in [-0.39, 0.29) is 29.6 Å². The third-order valence-corrected chi connectivity index (χ3v) is 8.29. The number of nitrogens with two attached hydrogens (primary N) is 1. The van der Waals surface area contributed by atoms with Crippen molar-refractivity contribution in [3.8, 4) is 22.3 Å². The molecule has 2 fully saturated rings. The highest BCUT2D eigenvalue weighted by Crippen LogP contribution is 2.49. The van der Waals surface area contributed by atoms with Gasteiger partial charge in [0.25, 0.3) is 0 Å². The Labute approximate surface area is 254 Å². The number of pyridine rings is 2. The molecule has 1 aliphatic heterocycles. The van der Waals surface area contributed by atoms with E-state index in [0.717, 1.165) is 28.5 Å². The molecule has 43 heavy (non-hydrogen) atoms. The number of carbonyl (C=O) groups excluding carboxylic acids is 1. The number of ether oxygens (including phenoxy) is 1. The summed E-state index contributed by atoms with van der Waals surface area (Å²) in [6.45, 7) is 6.86. The molecular weight excluding hydrogens is 592 g/mol. The van der Waals surface area contributed by atoms with E-state index in [0.29, 0.717) is 35.0 Å². The van der Waals surface area contributed by atoms with Crippen LogP contribution >= 0.6 is 11.6 Å². The molecule has 4 aromatic rings. The third-order valence-electron chi connectivity index (χ3n) is 7.39. The van der Waals surface area contributed by atoms with E-state index >= 15 is 0 Å². The largest absolute Gasteiger partial charge is 0.444 e. The van der Waals surface area contributed by atoms with E-state index in [1.54, 1.807) is 24.5 Å². The number of fused-ring (bicyclic) bond motifs is 2. The number of nitrogens with one attached hydrogen (secondary N) is 2. The smallest absolute Gasteiger partial charge is 0.407 e. The van der Waals surface area contributed by atoms with E-state index in [9.17, 15) is 13.2 Å². The van der Waals surface area contributed by atoms with Gasteiger partial charge in [0.15, 0.2) is 5.65 Å².